The molecule has 0 aliphatic heterocycles. The molecule has 1 atom stereocenters. The molecule has 244 valence electrons. The highest BCUT2D eigenvalue weighted by atomic mass is 14.3. The normalized spacial score (nSPS) is 10.1. The third kappa shape index (κ3) is 28.0. The Balaban J connectivity index is -0.000000536. The molecule has 1 nitrogen and oxygen atoms in total. The number of hydrogen-bond donors (Lipinski definition) is 0. The first-order valence-electron chi connectivity index (χ1n) is 17.4. The Morgan fingerprint density at radius 1 is 0.767 bits per heavy atom. The Kier molecular flexibility index (Phi) is 33.7. The Bertz CT molecular complexity index is 955. The number of allylic oxidation sites excluding steroid dienone is 2. The standard InChI is InChI=1S/C17H24.C12H18.C7H13N.2C3H8/c1-14(2)8-6-5-7-9-16(4)17-12-10-15(3)11-13-17;1-4-6-11-7-8-12(5-2)10(3)9-11;1-3-5-7(4-2)6-8;2*1-3-2/h10-13H,1,4-9H2,2-3H3;7-9H,4-6H2,1-3H3;7H,3-5H2,1-2H3;2*3H2,1-2H3. The summed E-state index contributed by atoms with van der Waals surface area (Å²) in [5.74, 6) is 0.306. The maximum atomic E-state index is 8.41. The lowest BCUT2D eigenvalue weighted by Gasteiger charge is -2.06. The summed E-state index contributed by atoms with van der Waals surface area (Å²) in [5, 5.41) is 8.41. The van der Waals surface area contributed by atoms with Gasteiger partial charge in [-0.15, -0.1) is 6.58 Å². The van der Waals surface area contributed by atoms with E-state index in [0.717, 1.165) is 38.5 Å². The number of aryl methyl sites for hydroxylation is 4. The molecule has 0 heterocycles. The monoisotopic (exact) mass is 590 g/mol. The fraction of sp³-hybridized carbons (Fsp3) is 0.595. The van der Waals surface area contributed by atoms with E-state index in [1.165, 1.54) is 83.9 Å². The highest BCUT2D eigenvalue weighted by Crippen LogP contribution is 2.20. The van der Waals surface area contributed by atoms with Gasteiger partial charge in [-0.3, -0.25) is 0 Å². The van der Waals surface area contributed by atoms with E-state index in [1.807, 2.05) is 0 Å². The van der Waals surface area contributed by atoms with Crippen molar-refractivity contribution in [2.75, 3.05) is 0 Å². The van der Waals surface area contributed by atoms with E-state index >= 15 is 0 Å². The molecule has 1 heteroatoms. The van der Waals surface area contributed by atoms with Crippen molar-refractivity contribution in [3.8, 4) is 6.07 Å². The molecule has 0 fully saturated rings. The number of rotatable bonds is 13. The van der Waals surface area contributed by atoms with Crippen molar-refractivity contribution >= 4 is 5.57 Å². The van der Waals surface area contributed by atoms with E-state index in [1.54, 1.807) is 0 Å². The average Bonchev–Trinajstić information content (AvgIpc) is 2.97. The number of hydrogen-bond acceptors (Lipinski definition) is 1. The molecule has 0 N–H and O–H groups in total. The predicted octanol–water partition coefficient (Wildman–Crippen LogP) is 14.2. The Morgan fingerprint density at radius 2 is 1.33 bits per heavy atom. The van der Waals surface area contributed by atoms with Gasteiger partial charge < -0.3 is 0 Å². The van der Waals surface area contributed by atoms with Gasteiger partial charge in [-0.25, -0.2) is 0 Å². The lowest BCUT2D eigenvalue weighted by atomic mass is 9.99. The first-order chi connectivity index (χ1) is 20.5. The molecule has 0 radical (unpaired) electrons. The summed E-state index contributed by atoms with van der Waals surface area (Å²) in [6.45, 7) is 31.6. The highest BCUT2D eigenvalue weighted by Gasteiger charge is 2.00. The van der Waals surface area contributed by atoms with Crippen molar-refractivity contribution in [2.45, 2.75) is 160 Å². The second-order valence-electron chi connectivity index (χ2n) is 11.8. The minimum absolute atomic E-state index is 0.306. The third-order valence-corrected chi connectivity index (χ3v) is 6.68. The molecule has 0 aliphatic rings. The lowest BCUT2D eigenvalue weighted by molar-refractivity contribution is 0.575. The van der Waals surface area contributed by atoms with Crippen molar-refractivity contribution in [1.29, 1.82) is 5.26 Å². The summed E-state index contributed by atoms with van der Waals surface area (Å²) in [7, 11) is 0. The summed E-state index contributed by atoms with van der Waals surface area (Å²) >= 11 is 0. The van der Waals surface area contributed by atoms with E-state index in [0.29, 0.717) is 5.92 Å². The number of nitrogens with zero attached hydrogens (tertiary/aromatic N) is 1. The van der Waals surface area contributed by atoms with E-state index in [4.69, 9.17) is 5.26 Å². The molecule has 2 aromatic carbocycles. The van der Waals surface area contributed by atoms with E-state index < -0.39 is 0 Å². The molecule has 0 amide bonds. The number of unbranched alkanes of at least 4 members (excludes halogenated alkanes) is 2. The second-order valence-corrected chi connectivity index (χ2v) is 11.8. The summed E-state index contributed by atoms with van der Waals surface area (Å²) < 4.78 is 0. The average molecular weight is 590 g/mol. The van der Waals surface area contributed by atoms with Crippen LogP contribution in [0.2, 0.25) is 0 Å². The molecule has 0 saturated carbocycles. The molecular weight excluding hydrogens is 518 g/mol. The fourth-order valence-corrected chi connectivity index (χ4v) is 4.18. The van der Waals surface area contributed by atoms with E-state index in [9.17, 15) is 0 Å². The molecule has 1 unspecified atom stereocenters. The maximum Gasteiger partial charge on any atom is 0.0655 e. The summed E-state index contributed by atoms with van der Waals surface area (Å²) in [6, 6.07) is 17.8. The smallest absolute Gasteiger partial charge is 0.0655 e. The van der Waals surface area contributed by atoms with Gasteiger partial charge in [-0.2, -0.15) is 5.26 Å². The topological polar surface area (TPSA) is 23.8 Å². The van der Waals surface area contributed by atoms with Crippen LogP contribution in [0.3, 0.4) is 0 Å². The minimum atomic E-state index is 0.306. The van der Waals surface area contributed by atoms with Crippen LogP contribution in [-0.4, -0.2) is 0 Å². The van der Waals surface area contributed by atoms with Gasteiger partial charge in [0, 0.05) is 5.92 Å². The molecule has 2 rings (SSSR count). The maximum absolute atomic E-state index is 8.41. The Labute approximate surface area is 270 Å². The van der Waals surface area contributed by atoms with Crippen LogP contribution in [-0.2, 0) is 12.8 Å². The van der Waals surface area contributed by atoms with Gasteiger partial charge in [0.25, 0.3) is 0 Å². The molecule has 0 aliphatic carbocycles. The fourth-order valence-electron chi connectivity index (χ4n) is 4.18. The van der Waals surface area contributed by atoms with Crippen LogP contribution < -0.4 is 0 Å². The summed E-state index contributed by atoms with van der Waals surface area (Å²) in [5.41, 5.74) is 9.56. The molecular formula is C42H71N. The second kappa shape index (κ2) is 32.3. The number of nitriles is 1. The van der Waals surface area contributed by atoms with Crippen LogP contribution in [0, 0.1) is 31.1 Å². The van der Waals surface area contributed by atoms with Gasteiger partial charge in [-0.05, 0) is 100.0 Å². The van der Waals surface area contributed by atoms with Crippen molar-refractivity contribution in [1.82, 2.24) is 0 Å². The molecule has 2 aromatic rings. The van der Waals surface area contributed by atoms with Crippen molar-refractivity contribution < 1.29 is 0 Å². The molecule has 0 spiro atoms. The Morgan fingerprint density at radius 3 is 1.72 bits per heavy atom. The zero-order chi connectivity index (χ0) is 33.5. The van der Waals surface area contributed by atoms with Crippen LogP contribution in [0.5, 0.6) is 0 Å². The third-order valence-electron chi connectivity index (χ3n) is 6.68. The van der Waals surface area contributed by atoms with Gasteiger partial charge in [0.1, 0.15) is 0 Å². The first-order valence-corrected chi connectivity index (χ1v) is 17.4. The van der Waals surface area contributed by atoms with Crippen LogP contribution in [0.15, 0.2) is 61.2 Å². The zero-order valence-electron chi connectivity index (χ0n) is 30.7. The lowest BCUT2D eigenvalue weighted by Crippen LogP contribution is -1.91. The van der Waals surface area contributed by atoms with Crippen LogP contribution in [0.1, 0.15) is 161 Å². The van der Waals surface area contributed by atoms with Gasteiger partial charge in [-0.1, -0.05) is 148 Å². The Hall–Kier alpha value is -2.59. The van der Waals surface area contributed by atoms with Gasteiger partial charge in [0.05, 0.1) is 6.07 Å². The quantitative estimate of drug-likeness (QED) is 0.168. The first kappa shape index (κ1) is 44.8. The van der Waals surface area contributed by atoms with E-state index in [-0.39, 0.29) is 0 Å². The highest BCUT2D eigenvalue weighted by molar-refractivity contribution is 5.63. The van der Waals surface area contributed by atoms with Crippen LogP contribution in [0.4, 0.5) is 0 Å². The van der Waals surface area contributed by atoms with Crippen LogP contribution in [0.25, 0.3) is 5.57 Å². The molecule has 0 aromatic heterocycles. The zero-order valence-corrected chi connectivity index (χ0v) is 30.7. The van der Waals surface area contributed by atoms with Gasteiger partial charge in [0.2, 0.25) is 0 Å². The summed E-state index contributed by atoms with van der Waals surface area (Å²) in [4.78, 5) is 0. The largest absolute Gasteiger partial charge is 0.198 e. The van der Waals surface area contributed by atoms with Gasteiger partial charge in [0.15, 0.2) is 0 Å². The van der Waals surface area contributed by atoms with Crippen molar-refractivity contribution in [2.24, 2.45) is 5.92 Å². The predicted molar refractivity (Wildman–Crippen MR) is 199 cm³/mol. The van der Waals surface area contributed by atoms with Crippen LogP contribution >= 0.6 is 0 Å². The van der Waals surface area contributed by atoms with Gasteiger partial charge >= 0.3 is 0 Å². The molecule has 0 saturated heterocycles. The molecule has 0 bridgehead atoms. The minimum Gasteiger partial charge on any atom is -0.198 e. The summed E-state index contributed by atoms with van der Waals surface area (Å²) in [6.07, 6.45) is 15.3. The van der Waals surface area contributed by atoms with Crippen molar-refractivity contribution in [3.63, 3.8) is 0 Å². The number of benzene rings is 2. The molecule has 43 heavy (non-hydrogen) atoms. The van der Waals surface area contributed by atoms with Crippen molar-refractivity contribution in [3.05, 3.63) is 89.0 Å². The SMILES string of the molecule is C=C(C)CCCCCC(=C)c1ccc(C)cc1.CCC.CCC.CCCC(C#N)CC.CCCc1ccc(CC)c(C)c1. The van der Waals surface area contributed by atoms with E-state index in [2.05, 4.69) is 138 Å².